The van der Waals surface area contributed by atoms with Crippen molar-refractivity contribution in [2.75, 3.05) is 0 Å². The van der Waals surface area contributed by atoms with Gasteiger partial charge in [-0.3, -0.25) is 4.79 Å². The summed E-state index contributed by atoms with van der Waals surface area (Å²) in [7, 11) is 0. The average molecular weight is 149 g/mol. The molecular weight excluding hydrogens is 140 g/mol. The highest BCUT2D eigenvalue weighted by Gasteiger charge is 2.19. The maximum Gasteiger partial charge on any atom is 0.286 e. The van der Waals surface area contributed by atoms with Gasteiger partial charge in [0, 0.05) is 12.1 Å². The molecule has 0 spiro atoms. The second kappa shape index (κ2) is 2.34. The van der Waals surface area contributed by atoms with Gasteiger partial charge in [0.2, 0.25) is 12.2 Å². The Morgan fingerprint density at radius 3 is 3.27 bits per heavy atom. The predicted molar refractivity (Wildman–Crippen MR) is 38.5 cm³/mol. The minimum absolute atomic E-state index is 0.0914. The SMILES string of the molecule is O=C1C[n+]2ccccc2CN1. The number of aromatic nitrogens is 1. The molecule has 3 nitrogen and oxygen atoms in total. The van der Waals surface area contributed by atoms with Crippen LogP contribution in [0.15, 0.2) is 24.4 Å². The smallest absolute Gasteiger partial charge is 0.286 e. The first-order valence-corrected chi connectivity index (χ1v) is 3.60. The summed E-state index contributed by atoms with van der Waals surface area (Å²) in [5.74, 6) is 0.0914. The van der Waals surface area contributed by atoms with Crippen LogP contribution in [0.4, 0.5) is 0 Å². The highest BCUT2D eigenvalue weighted by Crippen LogP contribution is 1.94. The molecular formula is C8H9N2O+. The third-order valence-electron chi connectivity index (χ3n) is 1.82. The fourth-order valence-corrected chi connectivity index (χ4v) is 1.23. The molecule has 0 unspecified atom stereocenters. The van der Waals surface area contributed by atoms with E-state index in [2.05, 4.69) is 5.32 Å². The summed E-state index contributed by atoms with van der Waals surface area (Å²) in [6.07, 6.45) is 1.92. The summed E-state index contributed by atoms with van der Waals surface area (Å²) < 4.78 is 1.96. The van der Waals surface area contributed by atoms with Crippen molar-refractivity contribution in [1.29, 1.82) is 0 Å². The van der Waals surface area contributed by atoms with Crippen molar-refractivity contribution in [3.63, 3.8) is 0 Å². The van der Waals surface area contributed by atoms with Gasteiger partial charge < -0.3 is 5.32 Å². The Hall–Kier alpha value is -1.38. The lowest BCUT2D eigenvalue weighted by Gasteiger charge is -2.09. The van der Waals surface area contributed by atoms with Crippen LogP contribution in [0.1, 0.15) is 5.69 Å². The molecule has 2 heterocycles. The molecule has 1 aliphatic rings. The van der Waals surface area contributed by atoms with E-state index in [4.69, 9.17) is 0 Å². The van der Waals surface area contributed by atoms with E-state index in [9.17, 15) is 4.79 Å². The van der Waals surface area contributed by atoms with Crippen molar-refractivity contribution >= 4 is 5.91 Å². The Morgan fingerprint density at radius 1 is 1.45 bits per heavy atom. The lowest BCUT2D eigenvalue weighted by atomic mass is 10.3. The van der Waals surface area contributed by atoms with E-state index in [1.165, 1.54) is 0 Å². The third kappa shape index (κ3) is 1.09. The third-order valence-corrected chi connectivity index (χ3v) is 1.82. The first-order valence-electron chi connectivity index (χ1n) is 3.60. The van der Waals surface area contributed by atoms with Gasteiger partial charge in [-0.25, -0.2) is 0 Å². The zero-order chi connectivity index (χ0) is 7.68. The van der Waals surface area contributed by atoms with Gasteiger partial charge in [0.1, 0.15) is 6.54 Å². The van der Waals surface area contributed by atoms with Crippen molar-refractivity contribution in [2.24, 2.45) is 0 Å². The summed E-state index contributed by atoms with van der Waals surface area (Å²) in [5.41, 5.74) is 1.16. The van der Waals surface area contributed by atoms with Gasteiger partial charge in [-0.15, -0.1) is 0 Å². The monoisotopic (exact) mass is 149 g/mol. The number of fused-ring (bicyclic) bond motifs is 1. The van der Waals surface area contributed by atoms with Gasteiger partial charge in [0.05, 0.1) is 0 Å². The lowest BCUT2D eigenvalue weighted by molar-refractivity contribution is -0.695. The maximum absolute atomic E-state index is 10.9. The zero-order valence-electron chi connectivity index (χ0n) is 6.08. The van der Waals surface area contributed by atoms with Gasteiger partial charge in [-0.1, -0.05) is 6.07 Å². The van der Waals surface area contributed by atoms with E-state index in [1.54, 1.807) is 0 Å². The Balaban J connectivity index is 2.41. The van der Waals surface area contributed by atoms with Crippen LogP contribution in [0.25, 0.3) is 0 Å². The molecule has 56 valence electrons. The van der Waals surface area contributed by atoms with Gasteiger partial charge >= 0.3 is 0 Å². The number of nitrogens with one attached hydrogen (secondary N) is 1. The van der Waals surface area contributed by atoms with Gasteiger partial charge in [0.15, 0.2) is 6.20 Å². The molecule has 11 heavy (non-hydrogen) atoms. The lowest BCUT2D eigenvalue weighted by Crippen LogP contribution is -2.51. The van der Waals surface area contributed by atoms with E-state index in [0.29, 0.717) is 13.1 Å². The van der Waals surface area contributed by atoms with Crippen LogP contribution in [0, 0.1) is 0 Å². The van der Waals surface area contributed by atoms with Gasteiger partial charge in [0.25, 0.3) is 5.91 Å². The number of carbonyl (C=O) groups excluding carboxylic acids is 1. The van der Waals surface area contributed by atoms with Crippen LogP contribution in [-0.2, 0) is 17.9 Å². The quantitative estimate of drug-likeness (QED) is 0.500. The van der Waals surface area contributed by atoms with Crippen LogP contribution in [-0.4, -0.2) is 5.91 Å². The minimum atomic E-state index is 0.0914. The van der Waals surface area contributed by atoms with E-state index < -0.39 is 0 Å². The minimum Gasteiger partial charge on any atom is -0.340 e. The molecule has 0 bridgehead atoms. The van der Waals surface area contributed by atoms with Crippen LogP contribution in [0.5, 0.6) is 0 Å². The Bertz CT molecular complexity index is 296. The van der Waals surface area contributed by atoms with E-state index in [-0.39, 0.29) is 5.91 Å². The largest absolute Gasteiger partial charge is 0.340 e. The summed E-state index contributed by atoms with van der Waals surface area (Å²) in [6.45, 7) is 1.11. The Morgan fingerprint density at radius 2 is 2.36 bits per heavy atom. The van der Waals surface area contributed by atoms with Gasteiger partial charge in [-0.05, 0) is 0 Å². The number of amides is 1. The van der Waals surface area contributed by atoms with Crippen LogP contribution in [0.3, 0.4) is 0 Å². The van der Waals surface area contributed by atoms with Crippen molar-refractivity contribution in [2.45, 2.75) is 13.1 Å². The molecule has 1 aromatic heterocycles. The molecule has 0 fully saturated rings. The molecule has 1 aliphatic heterocycles. The number of hydrogen-bond acceptors (Lipinski definition) is 1. The summed E-state index contributed by atoms with van der Waals surface area (Å²) in [5, 5.41) is 2.78. The molecule has 0 saturated heterocycles. The Labute approximate surface area is 64.7 Å². The van der Waals surface area contributed by atoms with Crippen LogP contribution in [0.2, 0.25) is 0 Å². The van der Waals surface area contributed by atoms with Crippen LogP contribution < -0.4 is 9.88 Å². The summed E-state index contributed by atoms with van der Waals surface area (Å²) in [4.78, 5) is 10.9. The van der Waals surface area contributed by atoms with Crippen molar-refractivity contribution in [3.05, 3.63) is 30.1 Å². The molecule has 1 N–H and O–H groups in total. The molecule has 0 aromatic carbocycles. The number of rotatable bonds is 0. The second-order valence-corrected chi connectivity index (χ2v) is 2.60. The maximum atomic E-state index is 10.9. The molecule has 2 rings (SSSR count). The fourth-order valence-electron chi connectivity index (χ4n) is 1.23. The Kier molecular flexibility index (Phi) is 1.35. The zero-order valence-corrected chi connectivity index (χ0v) is 6.08. The summed E-state index contributed by atoms with van der Waals surface area (Å²) >= 11 is 0. The number of pyridine rings is 1. The molecule has 0 atom stereocenters. The van der Waals surface area contributed by atoms with Crippen molar-refractivity contribution < 1.29 is 9.36 Å². The number of hydrogen-bond donors (Lipinski definition) is 1. The molecule has 0 saturated carbocycles. The normalized spacial score (nSPS) is 15.5. The topological polar surface area (TPSA) is 33.0 Å². The second-order valence-electron chi connectivity index (χ2n) is 2.60. The van der Waals surface area contributed by atoms with E-state index in [0.717, 1.165) is 5.69 Å². The predicted octanol–water partition coefficient (Wildman–Crippen LogP) is -0.396. The van der Waals surface area contributed by atoms with E-state index in [1.807, 2.05) is 29.0 Å². The van der Waals surface area contributed by atoms with Crippen LogP contribution >= 0.6 is 0 Å². The number of nitrogens with zero attached hydrogens (tertiary/aromatic N) is 1. The molecule has 0 radical (unpaired) electrons. The van der Waals surface area contributed by atoms with Gasteiger partial charge in [-0.2, -0.15) is 4.57 Å². The first-order chi connectivity index (χ1) is 5.36. The highest BCUT2D eigenvalue weighted by molar-refractivity contribution is 5.74. The highest BCUT2D eigenvalue weighted by atomic mass is 16.2. The average Bonchev–Trinajstić information content (AvgIpc) is 2.04. The molecule has 0 aliphatic carbocycles. The first kappa shape index (κ1) is 6.34. The molecule has 3 heteroatoms. The van der Waals surface area contributed by atoms with Crippen molar-refractivity contribution in [3.8, 4) is 0 Å². The van der Waals surface area contributed by atoms with E-state index >= 15 is 0 Å². The molecule has 1 amide bonds. The standard InChI is InChI=1S/C8H8N2O/c11-8-6-10-4-2-1-3-7(10)5-9-8/h1-4H,5-6H2/p+1. The van der Waals surface area contributed by atoms with Crippen molar-refractivity contribution in [1.82, 2.24) is 5.32 Å². The molecule has 1 aromatic rings. The number of carbonyl (C=O) groups is 1. The fraction of sp³-hybridized carbons (Fsp3) is 0.250. The summed E-state index contributed by atoms with van der Waals surface area (Å²) in [6, 6.07) is 5.92.